The summed E-state index contributed by atoms with van der Waals surface area (Å²) >= 11 is 0. The second kappa shape index (κ2) is 6.42. The number of nitro benzene ring substituents is 1. The molecular formula is C13H11N3O5. The molecule has 0 saturated heterocycles. The Kier molecular flexibility index (Phi) is 4.39. The first kappa shape index (κ1) is 14.4. The van der Waals surface area contributed by atoms with Crippen LogP contribution in [0.4, 0.5) is 5.69 Å². The minimum atomic E-state index is -0.606. The molecule has 1 aromatic carbocycles. The number of hydrogen-bond acceptors (Lipinski definition) is 7. The second-order valence-electron chi connectivity index (χ2n) is 3.88. The molecule has 0 spiro atoms. The van der Waals surface area contributed by atoms with Gasteiger partial charge in [0.1, 0.15) is 6.61 Å². The molecule has 1 aromatic heterocycles. The molecule has 2 rings (SSSR count). The molecule has 21 heavy (non-hydrogen) atoms. The number of carbonyl (C=O) groups excluding carboxylic acids is 1. The van der Waals surface area contributed by atoms with Crippen molar-refractivity contribution in [2.75, 3.05) is 7.11 Å². The third-order valence-electron chi connectivity index (χ3n) is 2.55. The highest BCUT2D eigenvalue weighted by molar-refractivity contribution is 5.90. The van der Waals surface area contributed by atoms with Crippen LogP contribution in [-0.4, -0.2) is 28.0 Å². The van der Waals surface area contributed by atoms with Crippen molar-refractivity contribution in [1.82, 2.24) is 9.97 Å². The zero-order valence-electron chi connectivity index (χ0n) is 11.1. The fraction of sp³-hybridized carbons (Fsp3) is 0.154. The second-order valence-corrected chi connectivity index (χ2v) is 3.88. The van der Waals surface area contributed by atoms with Gasteiger partial charge in [-0.1, -0.05) is 0 Å². The van der Waals surface area contributed by atoms with E-state index >= 15 is 0 Å². The van der Waals surface area contributed by atoms with Crippen molar-refractivity contribution >= 4 is 11.7 Å². The van der Waals surface area contributed by atoms with Crippen molar-refractivity contribution in [2.24, 2.45) is 0 Å². The van der Waals surface area contributed by atoms with E-state index in [1.807, 2.05) is 0 Å². The van der Waals surface area contributed by atoms with Crippen LogP contribution in [0.25, 0.3) is 0 Å². The summed E-state index contributed by atoms with van der Waals surface area (Å²) in [6, 6.07) is 5.39. The van der Waals surface area contributed by atoms with E-state index in [0.29, 0.717) is 5.82 Å². The molecule has 0 saturated carbocycles. The lowest BCUT2D eigenvalue weighted by molar-refractivity contribution is -0.386. The topological polar surface area (TPSA) is 104 Å². The van der Waals surface area contributed by atoms with E-state index < -0.39 is 10.9 Å². The van der Waals surface area contributed by atoms with Gasteiger partial charge >= 0.3 is 11.7 Å². The van der Waals surface area contributed by atoms with Crippen LogP contribution in [0.5, 0.6) is 5.75 Å². The minimum Gasteiger partial charge on any atom is -0.479 e. The van der Waals surface area contributed by atoms with Gasteiger partial charge in [0.15, 0.2) is 11.6 Å². The van der Waals surface area contributed by atoms with Crippen molar-refractivity contribution in [3.63, 3.8) is 0 Å². The Morgan fingerprint density at radius 3 is 2.67 bits per heavy atom. The van der Waals surface area contributed by atoms with Crippen LogP contribution in [0.15, 0.2) is 36.7 Å². The van der Waals surface area contributed by atoms with Crippen LogP contribution in [0, 0.1) is 10.1 Å². The molecule has 0 fully saturated rings. The number of rotatable bonds is 5. The van der Waals surface area contributed by atoms with E-state index in [-0.39, 0.29) is 23.6 Å². The van der Waals surface area contributed by atoms with E-state index in [4.69, 9.17) is 4.74 Å². The number of methoxy groups -OCH3 is 1. The summed E-state index contributed by atoms with van der Waals surface area (Å²) in [5.74, 6) is -0.281. The fourth-order valence-corrected chi connectivity index (χ4v) is 1.57. The first-order valence-corrected chi connectivity index (χ1v) is 5.87. The third-order valence-corrected chi connectivity index (χ3v) is 2.55. The summed E-state index contributed by atoms with van der Waals surface area (Å²) < 4.78 is 9.91. The van der Waals surface area contributed by atoms with Gasteiger partial charge in [-0.05, 0) is 12.1 Å². The molecule has 0 aliphatic heterocycles. The van der Waals surface area contributed by atoms with Gasteiger partial charge < -0.3 is 9.47 Å². The van der Waals surface area contributed by atoms with Gasteiger partial charge in [-0.25, -0.2) is 14.8 Å². The number of esters is 1. The third kappa shape index (κ3) is 3.50. The summed E-state index contributed by atoms with van der Waals surface area (Å²) in [4.78, 5) is 29.7. The van der Waals surface area contributed by atoms with Crippen molar-refractivity contribution < 1.29 is 19.2 Å². The number of nitrogens with zero attached hydrogens (tertiary/aromatic N) is 3. The van der Waals surface area contributed by atoms with Crippen LogP contribution in [0.2, 0.25) is 0 Å². The highest BCUT2D eigenvalue weighted by atomic mass is 16.6. The number of carbonyl (C=O) groups is 1. The van der Waals surface area contributed by atoms with Gasteiger partial charge in [0.05, 0.1) is 17.6 Å². The first-order valence-electron chi connectivity index (χ1n) is 5.87. The van der Waals surface area contributed by atoms with Crippen molar-refractivity contribution in [3.05, 3.63) is 58.2 Å². The summed E-state index contributed by atoms with van der Waals surface area (Å²) in [6.07, 6.45) is 3.07. The first-order chi connectivity index (χ1) is 10.1. The molecule has 108 valence electrons. The van der Waals surface area contributed by atoms with E-state index in [1.165, 1.54) is 37.7 Å². The van der Waals surface area contributed by atoms with Crippen molar-refractivity contribution in [1.29, 1.82) is 0 Å². The SMILES string of the molecule is COC(=O)c1ccc([N+](=O)[O-])c(OCc2ncccn2)c1. The van der Waals surface area contributed by atoms with Crippen LogP contribution >= 0.6 is 0 Å². The molecule has 1 heterocycles. The lowest BCUT2D eigenvalue weighted by atomic mass is 10.2. The summed E-state index contributed by atoms with van der Waals surface area (Å²) in [5.41, 5.74) is -0.0920. The Morgan fingerprint density at radius 1 is 1.33 bits per heavy atom. The number of benzene rings is 1. The molecule has 0 aliphatic carbocycles. The Balaban J connectivity index is 2.26. The Bertz CT molecular complexity index is 660. The molecule has 0 amide bonds. The van der Waals surface area contributed by atoms with Crippen molar-refractivity contribution in [2.45, 2.75) is 6.61 Å². The Morgan fingerprint density at radius 2 is 2.05 bits per heavy atom. The van der Waals surface area contributed by atoms with Gasteiger partial charge in [-0.3, -0.25) is 10.1 Å². The van der Waals surface area contributed by atoms with Gasteiger partial charge in [0.2, 0.25) is 0 Å². The monoisotopic (exact) mass is 289 g/mol. The fourth-order valence-electron chi connectivity index (χ4n) is 1.57. The average Bonchev–Trinajstić information content (AvgIpc) is 2.52. The predicted molar refractivity (Wildman–Crippen MR) is 70.8 cm³/mol. The van der Waals surface area contributed by atoms with E-state index in [9.17, 15) is 14.9 Å². The minimum absolute atomic E-state index is 0.0460. The van der Waals surface area contributed by atoms with Crippen LogP contribution in [0.3, 0.4) is 0 Å². The van der Waals surface area contributed by atoms with Gasteiger partial charge in [0, 0.05) is 24.5 Å². The maximum absolute atomic E-state index is 11.4. The van der Waals surface area contributed by atoms with E-state index in [1.54, 1.807) is 6.07 Å². The molecule has 8 heteroatoms. The van der Waals surface area contributed by atoms with Gasteiger partial charge in [-0.15, -0.1) is 0 Å². The number of hydrogen-bond donors (Lipinski definition) is 0. The zero-order valence-corrected chi connectivity index (χ0v) is 11.1. The molecule has 0 atom stereocenters. The summed E-state index contributed by atoms with van der Waals surface area (Å²) in [5, 5.41) is 11.0. The standard InChI is InChI=1S/C13H11N3O5/c1-20-13(17)9-3-4-10(16(18)19)11(7-9)21-8-12-14-5-2-6-15-12/h2-7H,8H2,1H3. The van der Waals surface area contributed by atoms with Crippen molar-refractivity contribution in [3.8, 4) is 5.75 Å². The molecule has 0 unspecified atom stereocenters. The molecule has 0 N–H and O–H groups in total. The maximum Gasteiger partial charge on any atom is 0.337 e. The van der Waals surface area contributed by atoms with Crippen LogP contribution in [0.1, 0.15) is 16.2 Å². The molecular weight excluding hydrogens is 278 g/mol. The number of aromatic nitrogens is 2. The number of ether oxygens (including phenoxy) is 2. The number of nitro groups is 1. The van der Waals surface area contributed by atoms with Gasteiger partial charge in [-0.2, -0.15) is 0 Å². The summed E-state index contributed by atoms with van der Waals surface area (Å²) in [6.45, 7) is -0.0493. The van der Waals surface area contributed by atoms with Gasteiger partial charge in [0.25, 0.3) is 0 Å². The zero-order chi connectivity index (χ0) is 15.2. The largest absolute Gasteiger partial charge is 0.479 e. The Labute approximate surface area is 119 Å². The maximum atomic E-state index is 11.4. The Hall–Kier alpha value is -3.03. The molecule has 0 aliphatic rings. The molecule has 2 aromatic rings. The highest BCUT2D eigenvalue weighted by Gasteiger charge is 2.18. The smallest absolute Gasteiger partial charge is 0.337 e. The van der Waals surface area contributed by atoms with E-state index in [0.717, 1.165) is 0 Å². The normalized spacial score (nSPS) is 9.95. The van der Waals surface area contributed by atoms with Crippen LogP contribution < -0.4 is 4.74 Å². The molecule has 8 nitrogen and oxygen atoms in total. The predicted octanol–water partition coefficient (Wildman–Crippen LogP) is 1.75. The molecule has 0 radical (unpaired) electrons. The van der Waals surface area contributed by atoms with E-state index in [2.05, 4.69) is 14.7 Å². The molecule has 0 bridgehead atoms. The quantitative estimate of drug-likeness (QED) is 0.469. The lowest BCUT2D eigenvalue weighted by Crippen LogP contribution is -2.05. The summed E-state index contributed by atoms with van der Waals surface area (Å²) in [7, 11) is 1.22. The van der Waals surface area contributed by atoms with Crippen LogP contribution in [-0.2, 0) is 11.3 Å². The lowest BCUT2D eigenvalue weighted by Gasteiger charge is -2.07. The average molecular weight is 289 g/mol. The highest BCUT2D eigenvalue weighted by Crippen LogP contribution is 2.28.